The molecular weight excluding hydrogens is 438 g/mol. The van der Waals surface area contributed by atoms with Crippen molar-refractivity contribution in [3.05, 3.63) is 126 Å². The van der Waals surface area contributed by atoms with E-state index in [1.165, 1.54) is 6.07 Å². The molecule has 0 saturated heterocycles. The van der Waals surface area contributed by atoms with E-state index in [2.05, 4.69) is 22.0 Å². The predicted molar refractivity (Wildman–Crippen MR) is 137 cm³/mol. The number of carbonyl (C=O) groups excluding carboxylic acids is 2. The first-order valence-electron chi connectivity index (χ1n) is 10.9. The van der Waals surface area contributed by atoms with Crippen LogP contribution in [0.15, 0.2) is 109 Å². The van der Waals surface area contributed by atoms with E-state index in [0.717, 1.165) is 11.1 Å². The first-order valence-corrected chi connectivity index (χ1v) is 10.9. The lowest BCUT2D eigenvalue weighted by Gasteiger charge is -2.22. The number of anilines is 2. The van der Waals surface area contributed by atoms with Gasteiger partial charge in [-0.05, 0) is 41.5 Å². The van der Waals surface area contributed by atoms with Crippen molar-refractivity contribution in [2.45, 2.75) is 6.10 Å². The maximum Gasteiger partial charge on any atom is 0.323 e. The van der Waals surface area contributed by atoms with Gasteiger partial charge in [-0.2, -0.15) is 0 Å². The Morgan fingerprint density at radius 3 is 1.83 bits per heavy atom. The Kier molecular flexibility index (Phi) is 7.42. The van der Waals surface area contributed by atoms with Gasteiger partial charge >= 0.3 is 6.03 Å². The van der Waals surface area contributed by atoms with Crippen LogP contribution in [0.2, 0.25) is 0 Å². The second-order valence-electron chi connectivity index (χ2n) is 7.57. The van der Waals surface area contributed by atoms with Gasteiger partial charge in [-0.1, -0.05) is 85.3 Å². The first-order chi connectivity index (χ1) is 17.1. The Morgan fingerprint density at radius 2 is 1.26 bits per heavy atom. The zero-order valence-electron chi connectivity index (χ0n) is 18.8. The second-order valence-corrected chi connectivity index (χ2v) is 7.57. The van der Waals surface area contributed by atoms with Gasteiger partial charge < -0.3 is 15.4 Å². The van der Waals surface area contributed by atoms with E-state index in [1.54, 1.807) is 24.3 Å². The van der Waals surface area contributed by atoms with Crippen molar-refractivity contribution >= 4 is 23.3 Å². The number of hydrogen-bond donors (Lipinski definition) is 3. The fraction of sp³-hybridized carbons (Fsp3) is 0.0345. The molecule has 6 nitrogen and oxygen atoms in total. The van der Waals surface area contributed by atoms with Crippen LogP contribution >= 0.6 is 0 Å². The molecule has 0 atom stereocenters. The quantitative estimate of drug-likeness (QED) is 0.240. The molecule has 3 N–H and O–H groups in total. The molecule has 3 amide bonds. The van der Waals surface area contributed by atoms with Crippen LogP contribution < -0.4 is 20.7 Å². The van der Waals surface area contributed by atoms with Crippen molar-refractivity contribution in [3.8, 4) is 18.2 Å². The van der Waals surface area contributed by atoms with Crippen LogP contribution in [0.25, 0.3) is 0 Å². The van der Waals surface area contributed by atoms with Gasteiger partial charge in [-0.3, -0.25) is 10.1 Å². The van der Waals surface area contributed by atoms with Gasteiger partial charge in [0, 0.05) is 17.4 Å². The van der Waals surface area contributed by atoms with Crippen molar-refractivity contribution in [2.75, 3.05) is 10.6 Å². The zero-order valence-corrected chi connectivity index (χ0v) is 18.8. The number of ether oxygens (including phenoxy) is 1. The molecule has 172 valence electrons. The van der Waals surface area contributed by atoms with Crippen molar-refractivity contribution < 1.29 is 14.3 Å². The van der Waals surface area contributed by atoms with Crippen LogP contribution in [0.1, 0.15) is 27.6 Å². The van der Waals surface area contributed by atoms with E-state index in [4.69, 9.17) is 11.2 Å². The molecule has 0 aromatic heterocycles. The minimum atomic E-state index is -0.519. The van der Waals surface area contributed by atoms with Gasteiger partial charge in [-0.15, -0.1) is 0 Å². The minimum Gasteiger partial charge on any atom is -0.480 e. The summed E-state index contributed by atoms with van der Waals surface area (Å²) in [6.07, 6.45) is 4.84. The number of para-hydroxylation sites is 1. The molecule has 0 unspecified atom stereocenters. The summed E-state index contributed by atoms with van der Waals surface area (Å²) in [5, 5.41) is 7.83. The standard InChI is InChI=1S/C29H23N3O3/c1-2-30-28(33)25-20-24(32-29(34)31-23-16-10-5-11-17-23)18-19-26(25)35-27(21-12-6-3-7-13-21)22-14-8-4-9-15-22/h1,3-20,27H,(H,30,33)(H2,31,32,34). The number of amides is 3. The molecule has 0 aliphatic heterocycles. The number of nitrogens with one attached hydrogen (secondary N) is 3. The summed E-state index contributed by atoms with van der Waals surface area (Å²) < 4.78 is 6.38. The number of urea groups is 1. The van der Waals surface area contributed by atoms with E-state index in [0.29, 0.717) is 17.1 Å². The average Bonchev–Trinajstić information content (AvgIpc) is 2.89. The van der Waals surface area contributed by atoms with Gasteiger partial charge in [0.05, 0.1) is 5.56 Å². The Bertz CT molecular complexity index is 1290. The fourth-order valence-corrected chi connectivity index (χ4v) is 3.55. The number of benzene rings is 4. The third-order valence-corrected chi connectivity index (χ3v) is 5.15. The summed E-state index contributed by atoms with van der Waals surface area (Å²) in [6.45, 7) is 0. The largest absolute Gasteiger partial charge is 0.480 e. The van der Waals surface area contributed by atoms with Gasteiger partial charge in [0.25, 0.3) is 5.91 Å². The topological polar surface area (TPSA) is 79.5 Å². The minimum absolute atomic E-state index is 0.192. The predicted octanol–water partition coefficient (Wildman–Crippen LogP) is 5.82. The molecule has 0 aliphatic rings. The highest BCUT2D eigenvalue weighted by Gasteiger charge is 2.21. The van der Waals surface area contributed by atoms with Crippen LogP contribution in [0.4, 0.5) is 16.2 Å². The van der Waals surface area contributed by atoms with Gasteiger partial charge in [0.1, 0.15) is 11.9 Å². The van der Waals surface area contributed by atoms with Crippen LogP contribution in [-0.2, 0) is 0 Å². The molecule has 0 aliphatic carbocycles. The molecule has 0 saturated carbocycles. The van der Waals surface area contributed by atoms with Crippen molar-refractivity contribution in [2.24, 2.45) is 0 Å². The summed E-state index contributed by atoms with van der Waals surface area (Å²) in [5.74, 6) is -0.195. The number of carbonyl (C=O) groups is 2. The Labute approximate surface area is 204 Å². The molecule has 0 radical (unpaired) electrons. The molecule has 35 heavy (non-hydrogen) atoms. The van der Waals surface area contributed by atoms with Gasteiger partial charge in [0.15, 0.2) is 0 Å². The van der Waals surface area contributed by atoms with Gasteiger partial charge in [-0.25, -0.2) is 4.79 Å². The molecule has 0 heterocycles. The fourth-order valence-electron chi connectivity index (χ4n) is 3.55. The first kappa shape index (κ1) is 23.1. The van der Waals surface area contributed by atoms with Crippen molar-refractivity contribution in [1.29, 1.82) is 0 Å². The molecule has 0 fully saturated rings. The third kappa shape index (κ3) is 6.06. The maximum atomic E-state index is 12.8. The number of rotatable bonds is 7. The second kappa shape index (κ2) is 11.2. The lowest BCUT2D eigenvalue weighted by Crippen LogP contribution is -2.22. The molecule has 4 aromatic rings. The lowest BCUT2D eigenvalue weighted by molar-refractivity contribution is 0.0967. The Morgan fingerprint density at radius 1 is 0.714 bits per heavy atom. The normalized spacial score (nSPS) is 10.2. The van der Waals surface area contributed by atoms with Gasteiger partial charge in [0.2, 0.25) is 0 Å². The summed E-state index contributed by atoms with van der Waals surface area (Å²) in [5.41, 5.74) is 3.09. The van der Waals surface area contributed by atoms with E-state index in [-0.39, 0.29) is 5.56 Å². The van der Waals surface area contributed by atoms with Crippen molar-refractivity contribution in [3.63, 3.8) is 0 Å². The highest BCUT2D eigenvalue weighted by Crippen LogP contribution is 2.32. The smallest absolute Gasteiger partial charge is 0.323 e. The third-order valence-electron chi connectivity index (χ3n) is 5.15. The van der Waals surface area contributed by atoms with Crippen LogP contribution in [0, 0.1) is 12.5 Å². The summed E-state index contributed by atoms with van der Waals surface area (Å²) in [4.78, 5) is 25.2. The Hall–Kier alpha value is -5.02. The summed E-state index contributed by atoms with van der Waals surface area (Å²) in [7, 11) is 0. The SMILES string of the molecule is C#CNC(=O)c1cc(NC(=O)Nc2ccccc2)ccc1OC(c1ccccc1)c1ccccc1. The maximum absolute atomic E-state index is 12.8. The molecule has 6 heteroatoms. The van der Waals surface area contributed by atoms with E-state index in [1.807, 2.05) is 78.9 Å². The highest BCUT2D eigenvalue weighted by molar-refractivity contribution is 6.02. The number of hydrogen-bond acceptors (Lipinski definition) is 3. The number of terminal acetylenes is 1. The highest BCUT2D eigenvalue weighted by atomic mass is 16.5. The monoisotopic (exact) mass is 461 g/mol. The van der Waals surface area contributed by atoms with E-state index < -0.39 is 18.0 Å². The summed E-state index contributed by atoms with van der Waals surface area (Å²) >= 11 is 0. The zero-order chi connectivity index (χ0) is 24.5. The molecule has 4 rings (SSSR count). The molecule has 4 aromatic carbocycles. The molecular formula is C29H23N3O3. The lowest BCUT2D eigenvalue weighted by atomic mass is 10.0. The van der Waals surface area contributed by atoms with Crippen LogP contribution in [0.3, 0.4) is 0 Å². The van der Waals surface area contributed by atoms with E-state index >= 15 is 0 Å². The molecule has 0 bridgehead atoms. The van der Waals surface area contributed by atoms with Crippen LogP contribution in [0.5, 0.6) is 5.75 Å². The summed E-state index contributed by atoms with van der Waals surface area (Å²) in [6, 6.07) is 35.0. The van der Waals surface area contributed by atoms with E-state index in [9.17, 15) is 9.59 Å². The average molecular weight is 462 g/mol. The molecule has 0 spiro atoms. The van der Waals surface area contributed by atoms with Crippen molar-refractivity contribution in [1.82, 2.24) is 5.32 Å². The van der Waals surface area contributed by atoms with Crippen LogP contribution in [-0.4, -0.2) is 11.9 Å². The Balaban J connectivity index is 1.63.